The molecule has 3 rings (SSSR count). The van der Waals surface area contributed by atoms with Crippen LogP contribution >= 0.6 is 11.8 Å². The predicted octanol–water partition coefficient (Wildman–Crippen LogP) is 3.05. The molecule has 0 aliphatic carbocycles. The van der Waals surface area contributed by atoms with Gasteiger partial charge in [0.25, 0.3) is 11.6 Å². The van der Waals surface area contributed by atoms with Crippen molar-refractivity contribution < 1.29 is 9.72 Å². The van der Waals surface area contributed by atoms with Gasteiger partial charge in [-0.3, -0.25) is 14.9 Å². The molecule has 0 atom stereocenters. The minimum Gasteiger partial charge on any atom is -0.351 e. The Morgan fingerprint density at radius 1 is 1.23 bits per heavy atom. The van der Waals surface area contributed by atoms with Gasteiger partial charge in [0.05, 0.1) is 15.4 Å². The summed E-state index contributed by atoms with van der Waals surface area (Å²) in [6, 6.07) is 6.40. The number of amidine groups is 1. The number of nitro groups is 1. The molecule has 0 aromatic heterocycles. The fraction of sp³-hybridized carbons (Fsp3) is 0.333. The van der Waals surface area contributed by atoms with Gasteiger partial charge in [-0.15, -0.1) is 0 Å². The maximum absolute atomic E-state index is 12.0. The molecule has 6 nitrogen and oxygen atoms in total. The van der Waals surface area contributed by atoms with E-state index in [2.05, 4.69) is 9.89 Å². The zero-order valence-corrected chi connectivity index (χ0v) is 12.7. The minimum atomic E-state index is -0.442. The molecule has 1 saturated heterocycles. The number of thioether (sulfide) groups is 1. The zero-order valence-electron chi connectivity index (χ0n) is 11.9. The third kappa shape index (κ3) is 3.04. The van der Waals surface area contributed by atoms with Gasteiger partial charge in [-0.2, -0.15) is 4.99 Å². The normalized spacial score (nSPS) is 20.4. The number of aliphatic imine (C=N–C) groups is 1. The molecule has 0 radical (unpaired) electrons. The number of hydrogen-bond acceptors (Lipinski definition) is 5. The molecule has 1 amide bonds. The van der Waals surface area contributed by atoms with Crippen LogP contribution in [0.25, 0.3) is 6.08 Å². The van der Waals surface area contributed by atoms with Crippen LogP contribution in [0.3, 0.4) is 0 Å². The van der Waals surface area contributed by atoms with E-state index in [0.717, 1.165) is 31.1 Å². The topological polar surface area (TPSA) is 75.8 Å². The highest BCUT2D eigenvalue weighted by Crippen LogP contribution is 2.33. The van der Waals surface area contributed by atoms with Crippen molar-refractivity contribution in [1.29, 1.82) is 0 Å². The van der Waals surface area contributed by atoms with Crippen molar-refractivity contribution in [2.24, 2.45) is 4.99 Å². The molecular formula is C15H15N3O3S. The number of rotatable bonds is 2. The number of piperidine rings is 1. The average Bonchev–Trinajstić information content (AvgIpc) is 2.90. The molecule has 22 heavy (non-hydrogen) atoms. The molecular weight excluding hydrogens is 302 g/mol. The first kappa shape index (κ1) is 14.8. The van der Waals surface area contributed by atoms with Gasteiger partial charge >= 0.3 is 0 Å². The highest BCUT2D eigenvalue weighted by Gasteiger charge is 2.27. The standard InChI is InChI=1S/C15H15N3O3S/c19-14-13(10-11-6-2-3-7-12(11)18(20)21)22-15(16-14)17-8-4-1-5-9-17/h2-3,6-7,10H,1,4-5,8-9H2/b13-10-. The molecule has 2 aliphatic rings. The molecule has 0 saturated carbocycles. The molecule has 2 heterocycles. The first-order chi connectivity index (χ1) is 10.6. The Bertz CT molecular complexity index is 678. The Morgan fingerprint density at radius 2 is 1.95 bits per heavy atom. The third-order valence-electron chi connectivity index (χ3n) is 3.66. The lowest BCUT2D eigenvalue weighted by Crippen LogP contribution is -2.33. The fourth-order valence-electron chi connectivity index (χ4n) is 2.54. The summed E-state index contributed by atoms with van der Waals surface area (Å²) in [6.07, 6.45) is 4.99. The molecule has 0 bridgehead atoms. The van der Waals surface area contributed by atoms with E-state index in [9.17, 15) is 14.9 Å². The van der Waals surface area contributed by atoms with Crippen LogP contribution in [0.5, 0.6) is 0 Å². The van der Waals surface area contributed by atoms with Crippen molar-refractivity contribution >= 4 is 34.6 Å². The van der Waals surface area contributed by atoms with Gasteiger partial charge in [0.2, 0.25) is 0 Å². The lowest BCUT2D eigenvalue weighted by atomic mass is 10.1. The van der Waals surface area contributed by atoms with Crippen LogP contribution in [0, 0.1) is 10.1 Å². The average molecular weight is 317 g/mol. The van der Waals surface area contributed by atoms with Gasteiger partial charge < -0.3 is 4.90 Å². The lowest BCUT2D eigenvalue weighted by molar-refractivity contribution is -0.385. The van der Waals surface area contributed by atoms with Crippen molar-refractivity contribution in [3.63, 3.8) is 0 Å². The lowest BCUT2D eigenvalue weighted by Gasteiger charge is -2.27. The monoisotopic (exact) mass is 317 g/mol. The summed E-state index contributed by atoms with van der Waals surface area (Å²) in [6.45, 7) is 1.83. The second-order valence-electron chi connectivity index (χ2n) is 5.17. The van der Waals surface area contributed by atoms with Crippen molar-refractivity contribution in [1.82, 2.24) is 4.90 Å². The van der Waals surface area contributed by atoms with Crippen LogP contribution in [-0.2, 0) is 4.79 Å². The van der Waals surface area contributed by atoms with E-state index in [-0.39, 0.29) is 11.6 Å². The van der Waals surface area contributed by atoms with Crippen LogP contribution < -0.4 is 0 Å². The van der Waals surface area contributed by atoms with Crippen molar-refractivity contribution in [3.05, 3.63) is 44.8 Å². The quantitative estimate of drug-likeness (QED) is 0.476. The fourth-order valence-corrected chi connectivity index (χ4v) is 3.49. The van der Waals surface area contributed by atoms with E-state index < -0.39 is 4.92 Å². The number of amides is 1. The number of para-hydroxylation sites is 1. The van der Waals surface area contributed by atoms with Crippen LogP contribution in [0.15, 0.2) is 34.2 Å². The summed E-state index contributed by atoms with van der Waals surface area (Å²) in [5.41, 5.74) is 0.424. The molecule has 2 aliphatic heterocycles. The SMILES string of the molecule is O=C1N=C(N2CCCCC2)S/C1=C\c1ccccc1[N+](=O)[O-]. The smallest absolute Gasteiger partial charge is 0.286 e. The molecule has 1 aromatic carbocycles. The second-order valence-corrected chi connectivity index (χ2v) is 6.18. The van der Waals surface area contributed by atoms with Crippen LogP contribution in [-0.4, -0.2) is 34.0 Å². The summed E-state index contributed by atoms with van der Waals surface area (Å²) >= 11 is 1.31. The van der Waals surface area contributed by atoms with Crippen LogP contribution in [0.2, 0.25) is 0 Å². The maximum atomic E-state index is 12.0. The Labute approximate surface area is 132 Å². The van der Waals surface area contributed by atoms with E-state index in [4.69, 9.17) is 0 Å². The Kier molecular flexibility index (Phi) is 4.24. The summed E-state index contributed by atoms with van der Waals surface area (Å²) in [5, 5.41) is 11.8. The summed E-state index contributed by atoms with van der Waals surface area (Å²) in [5.74, 6) is -0.316. The Hall–Kier alpha value is -2.15. The molecule has 0 spiro atoms. The van der Waals surface area contributed by atoms with Crippen LogP contribution in [0.1, 0.15) is 24.8 Å². The molecule has 0 N–H and O–H groups in total. The minimum absolute atomic E-state index is 0.00479. The highest BCUT2D eigenvalue weighted by atomic mass is 32.2. The number of benzene rings is 1. The van der Waals surface area contributed by atoms with Crippen molar-refractivity contribution in [2.45, 2.75) is 19.3 Å². The van der Waals surface area contributed by atoms with Gasteiger partial charge in [0.15, 0.2) is 5.17 Å². The van der Waals surface area contributed by atoms with Gasteiger partial charge in [0, 0.05) is 19.2 Å². The number of likely N-dealkylation sites (tertiary alicyclic amines) is 1. The molecule has 0 unspecified atom stereocenters. The van der Waals surface area contributed by atoms with Crippen molar-refractivity contribution in [3.8, 4) is 0 Å². The van der Waals surface area contributed by atoms with Crippen molar-refractivity contribution in [2.75, 3.05) is 13.1 Å². The Morgan fingerprint density at radius 3 is 2.68 bits per heavy atom. The molecule has 1 fully saturated rings. The zero-order chi connectivity index (χ0) is 15.5. The third-order valence-corrected chi connectivity index (χ3v) is 4.70. The first-order valence-electron chi connectivity index (χ1n) is 7.16. The number of carbonyl (C=O) groups excluding carboxylic acids is 1. The highest BCUT2D eigenvalue weighted by molar-refractivity contribution is 8.18. The number of carbonyl (C=O) groups is 1. The Balaban J connectivity index is 1.82. The largest absolute Gasteiger partial charge is 0.351 e. The summed E-state index contributed by atoms with van der Waals surface area (Å²) < 4.78 is 0. The summed E-state index contributed by atoms with van der Waals surface area (Å²) in [7, 11) is 0. The van der Waals surface area contributed by atoms with E-state index >= 15 is 0 Å². The van der Waals surface area contributed by atoms with Gasteiger partial charge in [0.1, 0.15) is 0 Å². The molecule has 7 heteroatoms. The number of nitro benzene ring substituents is 1. The van der Waals surface area contributed by atoms with Gasteiger partial charge in [-0.25, -0.2) is 0 Å². The predicted molar refractivity (Wildman–Crippen MR) is 86.5 cm³/mol. The van der Waals surface area contributed by atoms with Gasteiger partial charge in [-0.1, -0.05) is 12.1 Å². The van der Waals surface area contributed by atoms with E-state index in [0.29, 0.717) is 10.5 Å². The molecule has 1 aromatic rings. The number of hydrogen-bond donors (Lipinski definition) is 0. The number of nitrogens with zero attached hydrogens (tertiary/aromatic N) is 3. The maximum Gasteiger partial charge on any atom is 0.286 e. The van der Waals surface area contributed by atoms with E-state index in [1.165, 1.54) is 24.2 Å². The molecule has 114 valence electrons. The second kappa shape index (κ2) is 6.31. The first-order valence-corrected chi connectivity index (χ1v) is 7.98. The van der Waals surface area contributed by atoms with E-state index in [1.54, 1.807) is 24.3 Å². The van der Waals surface area contributed by atoms with Gasteiger partial charge in [-0.05, 0) is 43.2 Å². The van der Waals surface area contributed by atoms with E-state index in [1.807, 2.05) is 0 Å². The van der Waals surface area contributed by atoms with Crippen LogP contribution in [0.4, 0.5) is 5.69 Å². The summed E-state index contributed by atoms with van der Waals surface area (Å²) in [4.78, 5) is 29.3.